The van der Waals surface area contributed by atoms with Crippen LogP contribution in [0.3, 0.4) is 0 Å². The van der Waals surface area contributed by atoms with Crippen LogP contribution in [0.5, 0.6) is 5.75 Å². The molecule has 2 heterocycles. The number of carbonyl (C=O) groups is 2. The van der Waals surface area contributed by atoms with Crippen molar-refractivity contribution in [1.29, 1.82) is 0 Å². The average molecular weight is 375 g/mol. The summed E-state index contributed by atoms with van der Waals surface area (Å²) < 4.78 is 5.44. The maximum absolute atomic E-state index is 12.7. The zero-order chi connectivity index (χ0) is 19.2. The largest absolute Gasteiger partial charge is 0.494 e. The quantitative estimate of drug-likeness (QED) is 0.798. The first-order chi connectivity index (χ1) is 13.1. The Balaban J connectivity index is 1.59. The number of aliphatic hydroxyl groups is 1. The summed E-state index contributed by atoms with van der Waals surface area (Å²) in [5, 5.41) is 12.2. The lowest BCUT2D eigenvalue weighted by Gasteiger charge is -2.36. The predicted molar refractivity (Wildman–Crippen MR) is 103 cm³/mol. The Kier molecular flexibility index (Phi) is 6.55. The van der Waals surface area contributed by atoms with Crippen molar-refractivity contribution in [3.8, 4) is 5.75 Å². The first-order valence-electron chi connectivity index (χ1n) is 9.83. The summed E-state index contributed by atoms with van der Waals surface area (Å²) in [6.07, 6.45) is 3.90. The molecular formula is C20H29N3O4. The SMILES string of the molecule is CCOc1ccc(N2C[C@H](NC(=O)N3CCCC[C@H]3CCO)CC2=O)cc1. The van der Waals surface area contributed by atoms with Crippen molar-refractivity contribution in [3.63, 3.8) is 0 Å². The molecule has 7 nitrogen and oxygen atoms in total. The van der Waals surface area contributed by atoms with Crippen LogP contribution in [-0.4, -0.2) is 60.3 Å². The molecule has 0 unspecified atom stereocenters. The molecule has 2 aliphatic rings. The van der Waals surface area contributed by atoms with E-state index in [-0.39, 0.29) is 30.6 Å². The summed E-state index contributed by atoms with van der Waals surface area (Å²) in [6.45, 7) is 3.79. The second-order valence-electron chi connectivity index (χ2n) is 7.14. The van der Waals surface area contributed by atoms with Crippen molar-refractivity contribution in [2.45, 2.75) is 51.1 Å². The minimum absolute atomic E-state index is 0.00927. The first kappa shape index (κ1) is 19.5. The van der Waals surface area contributed by atoms with E-state index in [0.717, 1.165) is 30.7 Å². The molecule has 2 aliphatic heterocycles. The highest BCUT2D eigenvalue weighted by molar-refractivity contribution is 5.96. The molecule has 0 saturated carbocycles. The number of hydrogen-bond donors (Lipinski definition) is 2. The van der Waals surface area contributed by atoms with Gasteiger partial charge >= 0.3 is 6.03 Å². The molecular weight excluding hydrogens is 346 g/mol. The molecule has 0 bridgehead atoms. The summed E-state index contributed by atoms with van der Waals surface area (Å²) in [4.78, 5) is 28.6. The van der Waals surface area contributed by atoms with Gasteiger partial charge in [0, 0.05) is 37.8 Å². The molecule has 0 aromatic heterocycles. The first-order valence-corrected chi connectivity index (χ1v) is 9.83. The second kappa shape index (κ2) is 9.08. The number of ether oxygens (including phenoxy) is 1. The molecule has 27 heavy (non-hydrogen) atoms. The minimum atomic E-state index is -0.201. The van der Waals surface area contributed by atoms with Gasteiger partial charge in [-0.2, -0.15) is 0 Å². The van der Waals surface area contributed by atoms with Gasteiger partial charge in [-0.25, -0.2) is 4.79 Å². The fraction of sp³-hybridized carbons (Fsp3) is 0.600. The van der Waals surface area contributed by atoms with E-state index in [2.05, 4.69) is 5.32 Å². The Bertz CT molecular complexity index is 647. The number of hydrogen-bond acceptors (Lipinski definition) is 4. The van der Waals surface area contributed by atoms with E-state index in [1.165, 1.54) is 0 Å². The van der Waals surface area contributed by atoms with Gasteiger partial charge < -0.3 is 25.0 Å². The lowest BCUT2D eigenvalue weighted by molar-refractivity contribution is -0.117. The van der Waals surface area contributed by atoms with Crippen LogP contribution in [0.2, 0.25) is 0 Å². The van der Waals surface area contributed by atoms with Crippen molar-refractivity contribution in [2.24, 2.45) is 0 Å². The summed E-state index contributed by atoms with van der Waals surface area (Å²) in [7, 11) is 0. The summed E-state index contributed by atoms with van der Waals surface area (Å²) >= 11 is 0. The number of piperidine rings is 1. The molecule has 1 aromatic carbocycles. The van der Waals surface area contributed by atoms with Crippen molar-refractivity contribution < 1.29 is 19.4 Å². The Hall–Kier alpha value is -2.28. The number of likely N-dealkylation sites (tertiary alicyclic amines) is 1. The van der Waals surface area contributed by atoms with Gasteiger partial charge in [-0.1, -0.05) is 0 Å². The molecule has 1 aromatic rings. The van der Waals surface area contributed by atoms with E-state index in [0.29, 0.717) is 32.5 Å². The number of urea groups is 1. The minimum Gasteiger partial charge on any atom is -0.494 e. The maximum Gasteiger partial charge on any atom is 0.317 e. The van der Waals surface area contributed by atoms with Crippen LogP contribution in [0.1, 0.15) is 39.0 Å². The van der Waals surface area contributed by atoms with Gasteiger partial charge in [0.05, 0.1) is 12.6 Å². The smallest absolute Gasteiger partial charge is 0.317 e. The van der Waals surface area contributed by atoms with Crippen molar-refractivity contribution in [2.75, 3.05) is 31.2 Å². The second-order valence-corrected chi connectivity index (χ2v) is 7.14. The van der Waals surface area contributed by atoms with Gasteiger partial charge in [0.15, 0.2) is 0 Å². The predicted octanol–water partition coefficient (Wildman–Crippen LogP) is 2.14. The molecule has 2 saturated heterocycles. The third-order valence-corrected chi connectivity index (χ3v) is 5.26. The number of carbonyl (C=O) groups excluding carboxylic acids is 2. The van der Waals surface area contributed by atoms with E-state index >= 15 is 0 Å². The zero-order valence-electron chi connectivity index (χ0n) is 15.9. The maximum atomic E-state index is 12.7. The average Bonchev–Trinajstić information content (AvgIpc) is 3.03. The van der Waals surface area contributed by atoms with E-state index < -0.39 is 0 Å². The van der Waals surface area contributed by atoms with Gasteiger partial charge in [-0.05, 0) is 56.9 Å². The number of nitrogens with one attached hydrogen (secondary N) is 1. The van der Waals surface area contributed by atoms with Gasteiger partial charge in [-0.3, -0.25) is 4.79 Å². The number of aliphatic hydroxyl groups excluding tert-OH is 1. The van der Waals surface area contributed by atoms with Crippen LogP contribution in [0.25, 0.3) is 0 Å². The molecule has 3 rings (SSSR count). The van der Waals surface area contributed by atoms with Gasteiger partial charge in [0.25, 0.3) is 0 Å². The molecule has 0 aliphatic carbocycles. The van der Waals surface area contributed by atoms with Crippen LogP contribution >= 0.6 is 0 Å². The molecule has 2 N–H and O–H groups in total. The van der Waals surface area contributed by atoms with Crippen molar-refractivity contribution in [1.82, 2.24) is 10.2 Å². The topological polar surface area (TPSA) is 82.1 Å². The van der Waals surface area contributed by atoms with Gasteiger partial charge in [-0.15, -0.1) is 0 Å². The van der Waals surface area contributed by atoms with E-state index in [4.69, 9.17) is 4.74 Å². The van der Waals surface area contributed by atoms with Crippen LogP contribution < -0.4 is 15.0 Å². The van der Waals surface area contributed by atoms with Crippen LogP contribution in [0.15, 0.2) is 24.3 Å². The Morgan fingerprint density at radius 1 is 1.30 bits per heavy atom. The summed E-state index contributed by atoms with van der Waals surface area (Å²) in [5.41, 5.74) is 0.816. The van der Waals surface area contributed by atoms with E-state index in [1.807, 2.05) is 36.1 Å². The molecule has 0 spiro atoms. The zero-order valence-corrected chi connectivity index (χ0v) is 15.9. The fourth-order valence-electron chi connectivity index (χ4n) is 3.92. The van der Waals surface area contributed by atoms with E-state index in [1.54, 1.807) is 4.90 Å². The molecule has 2 fully saturated rings. The number of amides is 3. The number of rotatable bonds is 6. The lowest BCUT2D eigenvalue weighted by Crippen LogP contribution is -2.52. The normalized spacial score (nSPS) is 22.8. The third kappa shape index (κ3) is 4.71. The lowest BCUT2D eigenvalue weighted by atomic mass is 10.00. The molecule has 2 atom stereocenters. The monoisotopic (exact) mass is 375 g/mol. The van der Waals surface area contributed by atoms with Crippen LogP contribution in [0, 0.1) is 0 Å². The Morgan fingerprint density at radius 2 is 2.07 bits per heavy atom. The molecule has 148 valence electrons. The summed E-state index contributed by atoms with van der Waals surface area (Å²) in [6, 6.07) is 7.20. The fourth-order valence-corrected chi connectivity index (χ4v) is 3.92. The van der Waals surface area contributed by atoms with Crippen LogP contribution in [-0.2, 0) is 4.79 Å². The highest BCUT2D eigenvalue weighted by Crippen LogP contribution is 2.25. The van der Waals surface area contributed by atoms with Gasteiger partial charge in [0.2, 0.25) is 5.91 Å². The highest BCUT2D eigenvalue weighted by Gasteiger charge is 2.34. The highest BCUT2D eigenvalue weighted by atomic mass is 16.5. The molecule has 7 heteroatoms. The summed E-state index contributed by atoms with van der Waals surface area (Å²) in [5.74, 6) is 0.785. The van der Waals surface area contributed by atoms with Crippen molar-refractivity contribution >= 4 is 17.6 Å². The Labute approximate surface area is 160 Å². The van der Waals surface area contributed by atoms with Crippen LogP contribution in [0.4, 0.5) is 10.5 Å². The Morgan fingerprint density at radius 3 is 2.78 bits per heavy atom. The van der Waals surface area contributed by atoms with Gasteiger partial charge in [0.1, 0.15) is 5.75 Å². The number of nitrogens with zero attached hydrogens (tertiary/aromatic N) is 2. The number of benzene rings is 1. The van der Waals surface area contributed by atoms with Crippen molar-refractivity contribution in [3.05, 3.63) is 24.3 Å². The molecule has 0 radical (unpaired) electrons. The molecule has 3 amide bonds. The van der Waals surface area contributed by atoms with E-state index in [9.17, 15) is 14.7 Å². The number of anilines is 1. The third-order valence-electron chi connectivity index (χ3n) is 5.26. The standard InChI is InChI=1S/C20H29N3O4/c1-2-27-18-8-6-17(7-9-18)23-14-15(13-19(23)25)21-20(26)22-11-4-3-5-16(22)10-12-24/h6-9,15-16,24H,2-5,10-14H2,1H3,(H,21,26)/t15-,16+/m1/s1.